The van der Waals surface area contributed by atoms with Crippen LogP contribution in [0.25, 0.3) is 0 Å². The van der Waals surface area contributed by atoms with E-state index >= 15 is 0 Å². The first kappa shape index (κ1) is 14.2. The van der Waals surface area contributed by atoms with Gasteiger partial charge in [-0.2, -0.15) is 11.3 Å². The van der Waals surface area contributed by atoms with Crippen molar-refractivity contribution in [3.8, 4) is 0 Å². The number of rotatable bonds is 6. The highest BCUT2D eigenvalue weighted by Crippen LogP contribution is 2.22. The van der Waals surface area contributed by atoms with Crippen LogP contribution in [0.3, 0.4) is 0 Å². The molecule has 104 valence electrons. The number of carboxylic acid groups (broad SMARTS) is 1. The predicted octanol–water partition coefficient (Wildman–Crippen LogP) is 2.64. The zero-order chi connectivity index (χ0) is 14.5. The standard InChI is InChI=1S/C13H12N2O4S/c16-13(17)12-10(2-1-3-11(12)15(18)19)7-14-6-9-4-5-20-8-9/h1-5,8,14H,6-7H2,(H,16,17). The van der Waals surface area contributed by atoms with Crippen LogP contribution in [0.4, 0.5) is 5.69 Å². The molecule has 0 bridgehead atoms. The smallest absolute Gasteiger partial charge is 0.343 e. The Kier molecular flexibility index (Phi) is 4.44. The first-order valence-corrected chi connectivity index (χ1v) is 6.75. The molecule has 2 N–H and O–H groups in total. The number of carbonyl (C=O) groups is 1. The van der Waals surface area contributed by atoms with E-state index in [1.807, 2.05) is 16.8 Å². The minimum Gasteiger partial charge on any atom is -0.477 e. The molecular formula is C13H12N2O4S. The number of carboxylic acids is 1. The van der Waals surface area contributed by atoms with Crippen molar-refractivity contribution in [1.82, 2.24) is 5.32 Å². The number of hydrogen-bond acceptors (Lipinski definition) is 5. The summed E-state index contributed by atoms with van der Waals surface area (Å²) in [6.45, 7) is 0.852. The first-order chi connectivity index (χ1) is 9.59. The Balaban J connectivity index is 2.16. The number of aromatic carboxylic acids is 1. The second-order valence-corrected chi connectivity index (χ2v) is 4.89. The van der Waals surface area contributed by atoms with Crippen LogP contribution in [-0.4, -0.2) is 16.0 Å². The topological polar surface area (TPSA) is 92.5 Å². The van der Waals surface area contributed by atoms with E-state index in [-0.39, 0.29) is 17.8 Å². The van der Waals surface area contributed by atoms with Crippen LogP contribution in [0, 0.1) is 10.1 Å². The first-order valence-electron chi connectivity index (χ1n) is 5.81. The SMILES string of the molecule is O=C(O)c1c(CNCc2ccsc2)cccc1[N+](=O)[O-]. The molecule has 0 spiro atoms. The zero-order valence-corrected chi connectivity index (χ0v) is 11.2. The summed E-state index contributed by atoms with van der Waals surface area (Å²) in [7, 11) is 0. The molecule has 1 heterocycles. The Morgan fingerprint density at radius 3 is 2.75 bits per heavy atom. The minimum atomic E-state index is -1.29. The number of nitrogens with zero attached hydrogens (tertiary/aromatic N) is 1. The third-order valence-corrected chi connectivity index (χ3v) is 3.50. The Labute approximate surface area is 118 Å². The monoisotopic (exact) mass is 292 g/mol. The van der Waals surface area contributed by atoms with Gasteiger partial charge < -0.3 is 10.4 Å². The van der Waals surface area contributed by atoms with Crippen LogP contribution >= 0.6 is 11.3 Å². The molecule has 20 heavy (non-hydrogen) atoms. The normalized spacial score (nSPS) is 10.4. The summed E-state index contributed by atoms with van der Waals surface area (Å²) in [5, 5.41) is 27.0. The predicted molar refractivity (Wildman–Crippen MR) is 74.9 cm³/mol. The maximum atomic E-state index is 11.2. The van der Waals surface area contributed by atoms with Crippen LogP contribution in [0.15, 0.2) is 35.0 Å². The van der Waals surface area contributed by atoms with Crippen LogP contribution in [0.1, 0.15) is 21.5 Å². The molecule has 7 heteroatoms. The molecule has 0 aliphatic rings. The van der Waals surface area contributed by atoms with Gasteiger partial charge in [0.2, 0.25) is 0 Å². The molecular weight excluding hydrogens is 280 g/mol. The average molecular weight is 292 g/mol. The molecule has 0 aliphatic carbocycles. The number of benzene rings is 1. The van der Waals surface area contributed by atoms with Crippen molar-refractivity contribution in [1.29, 1.82) is 0 Å². The van der Waals surface area contributed by atoms with Gasteiger partial charge in [-0.1, -0.05) is 12.1 Å². The van der Waals surface area contributed by atoms with Crippen molar-refractivity contribution in [3.63, 3.8) is 0 Å². The van der Waals surface area contributed by atoms with Gasteiger partial charge >= 0.3 is 5.97 Å². The second kappa shape index (κ2) is 6.27. The lowest BCUT2D eigenvalue weighted by Crippen LogP contribution is -2.16. The highest BCUT2D eigenvalue weighted by Gasteiger charge is 2.22. The van der Waals surface area contributed by atoms with Crippen molar-refractivity contribution in [2.75, 3.05) is 0 Å². The molecule has 2 rings (SSSR count). The van der Waals surface area contributed by atoms with Crippen LogP contribution in [0.2, 0.25) is 0 Å². The van der Waals surface area contributed by atoms with Crippen LogP contribution in [-0.2, 0) is 13.1 Å². The van der Waals surface area contributed by atoms with E-state index in [9.17, 15) is 14.9 Å². The lowest BCUT2D eigenvalue weighted by atomic mass is 10.1. The Hall–Kier alpha value is -2.25. The fourth-order valence-corrected chi connectivity index (χ4v) is 2.54. The fraction of sp³-hybridized carbons (Fsp3) is 0.154. The maximum absolute atomic E-state index is 11.2. The van der Waals surface area contributed by atoms with E-state index in [1.165, 1.54) is 12.1 Å². The number of nitro groups is 1. The van der Waals surface area contributed by atoms with Crippen molar-refractivity contribution in [3.05, 3.63) is 61.8 Å². The van der Waals surface area contributed by atoms with Crippen LogP contribution < -0.4 is 5.32 Å². The molecule has 2 aromatic rings. The summed E-state index contributed by atoms with van der Waals surface area (Å²) in [5.41, 5.74) is 0.863. The van der Waals surface area contributed by atoms with Crippen molar-refractivity contribution >= 4 is 23.0 Å². The van der Waals surface area contributed by atoms with Gasteiger partial charge in [-0.15, -0.1) is 0 Å². The second-order valence-electron chi connectivity index (χ2n) is 4.11. The third-order valence-electron chi connectivity index (χ3n) is 2.76. The molecule has 0 radical (unpaired) electrons. The Morgan fingerprint density at radius 1 is 1.35 bits per heavy atom. The van der Waals surface area contributed by atoms with Gasteiger partial charge in [0.25, 0.3) is 5.69 Å². The van der Waals surface area contributed by atoms with Gasteiger partial charge in [-0.3, -0.25) is 10.1 Å². The molecule has 1 aromatic heterocycles. The molecule has 0 amide bonds. The zero-order valence-electron chi connectivity index (χ0n) is 10.4. The number of nitrogens with one attached hydrogen (secondary N) is 1. The lowest BCUT2D eigenvalue weighted by Gasteiger charge is -2.07. The number of thiophene rings is 1. The summed E-state index contributed by atoms with van der Waals surface area (Å²) >= 11 is 1.58. The van der Waals surface area contributed by atoms with E-state index in [2.05, 4.69) is 5.32 Å². The minimum absolute atomic E-state index is 0.254. The molecule has 6 nitrogen and oxygen atoms in total. The van der Waals surface area contributed by atoms with Gasteiger partial charge in [0.1, 0.15) is 5.56 Å². The van der Waals surface area contributed by atoms with E-state index in [1.54, 1.807) is 17.4 Å². The average Bonchev–Trinajstić information content (AvgIpc) is 2.91. The van der Waals surface area contributed by atoms with Crippen LogP contribution in [0.5, 0.6) is 0 Å². The molecule has 0 saturated carbocycles. The molecule has 1 aromatic carbocycles. The van der Waals surface area contributed by atoms with Crippen molar-refractivity contribution in [2.24, 2.45) is 0 Å². The summed E-state index contributed by atoms with van der Waals surface area (Å²) in [6.07, 6.45) is 0. The lowest BCUT2D eigenvalue weighted by molar-refractivity contribution is -0.385. The van der Waals surface area contributed by atoms with E-state index in [0.29, 0.717) is 12.1 Å². The van der Waals surface area contributed by atoms with Gasteiger partial charge in [0, 0.05) is 19.2 Å². The van der Waals surface area contributed by atoms with Gasteiger partial charge in [-0.05, 0) is 28.0 Å². The molecule has 0 unspecified atom stereocenters. The molecule has 0 saturated heterocycles. The Bertz CT molecular complexity index is 625. The fourth-order valence-electron chi connectivity index (χ4n) is 1.87. The van der Waals surface area contributed by atoms with Crippen molar-refractivity contribution < 1.29 is 14.8 Å². The van der Waals surface area contributed by atoms with E-state index < -0.39 is 10.9 Å². The van der Waals surface area contributed by atoms with Gasteiger partial charge in [0.05, 0.1) is 4.92 Å². The maximum Gasteiger partial charge on any atom is 0.343 e. The molecule has 0 aliphatic heterocycles. The van der Waals surface area contributed by atoms with Gasteiger partial charge in [-0.25, -0.2) is 4.79 Å². The summed E-state index contributed by atoms with van der Waals surface area (Å²) in [5.74, 6) is -1.29. The van der Waals surface area contributed by atoms with E-state index in [4.69, 9.17) is 5.11 Å². The highest BCUT2D eigenvalue weighted by molar-refractivity contribution is 7.07. The number of hydrogen-bond donors (Lipinski definition) is 2. The summed E-state index contributed by atoms with van der Waals surface area (Å²) in [4.78, 5) is 21.4. The quantitative estimate of drug-likeness (QED) is 0.630. The van der Waals surface area contributed by atoms with E-state index in [0.717, 1.165) is 5.56 Å². The molecule has 0 fully saturated rings. The van der Waals surface area contributed by atoms with Crippen molar-refractivity contribution in [2.45, 2.75) is 13.1 Å². The summed E-state index contributed by atoms with van der Waals surface area (Å²) < 4.78 is 0. The molecule has 0 atom stereocenters. The third kappa shape index (κ3) is 3.19. The summed E-state index contributed by atoms with van der Waals surface area (Å²) in [6, 6.07) is 6.23. The largest absolute Gasteiger partial charge is 0.477 e. The highest BCUT2D eigenvalue weighted by atomic mass is 32.1. The Morgan fingerprint density at radius 2 is 2.15 bits per heavy atom. The number of nitro benzene ring substituents is 1. The van der Waals surface area contributed by atoms with Gasteiger partial charge in [0.15, 0.2) is 0 Å².